The van der Waals surface area contributed by atoms with E-state index < -0.39 is 5.82 Å². The maximum Gasteiger partial charge on any atom is 0.137 e. The molecular weight excluding hydrogens is 302 g/mol. The van der Waals surface area contributed by atoms with Gasteiger partial charge >= 0.3 is 0 Å². The zero-order valence-corrected chi connectivity index (χ0v) is 11.8. The minimum atomic E-state index is -0.593. The molecule has 0 bridgehead atoms. The van der Waals surface area contributed by atoms with Gasteiger partial charge in [0.25, 0.3) is 0 Å². The van der Waals surface area contributed by atoms with Crippen LogP contribution in [0.3, 0.4) is 0 Å². The van der Waals surface area contributed by atoms with Crippen molar-refractivity contribution in [2.45, 2.75) is 6.61 Å². The van der Waals surface area contributed by atoms with Gasteiger partial charge in [-0.3, -0.25) is 5.41 Å². The fraction of sp³-hybridized carbons (Fsp3) is 0.0714. The first-order valence-corrected chi connectivity index (χ1v) is 6.44. The van der Waals surface area contributed by atoms with E-state index in [0.29, 0.717) is 10.0 Å². The number of nitrogens with one attached hydrogen (secondary N) is 1. The highest BCUT2D eigenvalue weighted by molar-refractivity contribution is 6.42. The van der Waals surface area contributed by atoms with Crippen molar-refractivity contribution < 1.29 is 9.13 Å². The van der Waals surface area contributed by atoms with E-state index in [4.69, 9.17) is 39.1 Å². The number of halogens is 3. The first kappa shape index (κ1) is 14.6. The average Bonchev–Trinajstić information content (AvgIpc) is 2.39. The molecule has 0 aliphatic rings. The third-order valence-electron chi connectivity index (χ3n) is 2.62. The summed E-state index contributed by atoms with van der Waals surface area (Å²) in [6.45, 7) is 0.167. The van der Waals surface area contributed by atoms with Gasteiger partial charge in [0, 0.05) is 0 Å². The lowest BCUT2D eigenvalue weighted by atomic mass is 10.1. The van der Waals surface area contributed by atoms with Crippen molar-refractivity contribution in [3.05, 3.63) is 63.4 Å². The van der Waals surface area contributed by atoms with Crippen molar-refractivity contribution in [3.8, 4) is 5.75 Å². The van der Waals surface area contributed by atoms with Crippen LogP contribution in [0, 0.1) is 11.2 Å². The number of ether oxygens (including phenoxy) is 1. The minimum absolute atomic E-state index is 0.0486. The van der Waals surface area contributed by atoms with Crippen molar-refractivity contribution in [2.75, 3.05) is 0 Å². The number of nitrogen functional groups attached to an aromatic ring is 1. The number of benzene rings is 2. The normalized spacial score (nSPS) is 10.3. The Labute approximate surface area is 125 Å². The molecule has 0 atom stereocenters. The Hall–Kier alpha value is -1.78. The zero-order valence-electron chi connectivity index (χ0n) is 10.3. The summed E-state index contributed by atoms with van der Waals surface area (Å²) in [6, 6.07) is 9.34. The van der Waals surface area contributed by atoms with E-state index in [-0.39, 0.29) is 23.8 Å². The Kier molecular flexibility index (Phi) is 4.47. The van der Waals surface area contributed by atoms with Gasteiger partial charge in [-0.15, -0.1) is 0 Å². The predicted octanol–water partition coefficient (Wildman–Crippen LogP) is 4.00. The molecule has 0 saturated carbocycles. The lowest BCUT2D eigenvalue weighted by molar-refractivity contribution is 0.304. The molecule has 0 radical (unpaired) electrons. The van der Waals surface area contributed by atoms with E-state index in [1.165, 1.54) is 12.1 Å². The van der Waals surface area contributed by atoms with Gasteiger partial charge in [0.05, 0.1) is 15.6 Å². The van der Waals surface area contributed by atoms with E-state index in [9.17, 15) is 4.39 Å². The molecule has 0 aromatic heterocycles. The fourth-order valence-corrected chi connectivity index (χ4v) is 2.00. The Bertz CT molecular complexity index is 662. The van der Waals surface area contributed by atoms with Gasteiger partial charge < -0.3 is 10.5 Å². The van der Waals surface area contributed by atoms with Crippen LogP contribution in [0.15, 0.2) is 36.4 Å². The maximum absolute atomic E-state index is 13.6. The zero-order chi connectivity index (χ0) is 14.7. The largest absolute Gasteiger partial charge is 0.488 e. The van der Waals surface area contributed by atoms with Gasteiger partial charge in [0.15, 0.2) is 0 Å². The molecule has 6 heteroatoms. The van der Waals surface area contributed by atoms with Gasteiger partial charge in [-0.25, -0.2) is 4.39 Å². The summed E-state index contributed by atoms with van der Waals surface area (Å²) in [6.07, 6.45) is 0. The summed E-state index contributed by atoms with van der Waals surface area (Å²) >= 11 is 11.7. The highest BCUT2D eigenvalue weighted by Crippen LogP contribution is 2.25. The molecule has 0 spiro atoms. The Morgan fingerprint density at radius 1 is 1.20 bits per heavy atom. The number of hydrogen-bond donors (Lipinski definition) is 2. The van der Waals surface area contributed by atoms with Crippen molar-refractivity contribution in [2.24, 2.45) is 5.73 Å². The molecule has 2 aromatic rings. The number of rotatable bonds is 4. The fourth-order valence-electron chi connectivity index (χ4n) is 1.68. The first-order valence-electron chi connectivity index (χ1n) is 5.68. The second-order valence-corrected chi connectivity index (χ2v) is 4.88. The van der Waals surface area contributed by atoms with Crippen LogP contribution in [0.2, 0.25) is 10.0 Å². The molecule has 0 aliphatic carbocycles. The van der Waals surface area contributed by atoms with E-state index in [1.807, 2.05) is 0 Å². The summed E-state index contributed by atoms with van der Waals surface area (Å²) in [4.78, 5) is 0. The van der Waals surface area contributed by atoms with Gasteiger partial charge in [0.2, 0.25) is 0 Å². The Morgan fingerprint density at radius 3 is 2.60 bits per heavy atom. The highest BCUT2D eigenvalue weighted by Gasteiger charge is 2.12. The van der Waals surface area contributed by atoms with E-state index in [2.05, 4.69) is 0 Å². The van der Waals surface area contributed by atoms with E-state index in [0.717, 1.165) is 5.56 Å². The standard InChI is InChI=1S/C14H11Cl2FN2O/c15-9-5-4-8(6-10(9)16)7-20-12-3-1-2-11(17)13(12)14(18)19/h1-6H,7H2,(H3,18,19). The van der Waals surface area contributed by atoms with E-state index >= 15 is 0 Å². The maximum atomic E-state index is 13.6. The number of amidine groups is 1. The second-order valence-electron chi connectivity index (χ2n) is 4.06. The van der Waals surface area contributed by atoms with Gasteiger partial charge in [-0.2, -0.15) is 0 Å². The summed E-state index contributed by atoms with van der Waals surface area (Å²) in [5.41, 5.74) is 6.08. The molecular formula is C14H11Cl2FN2O. The summed E-state index contributed by atoms with van der Waals surface area (Å²) in [5, 5.41) is 8.25. The quantitative estimate of drug-likeness (QED) is 0.662. The third kappa shape index (κ3) is 3.21. The molecule has 2 aromatic carbocycles. The molecule has 0 amide bonds. The van der Waals surface area contributed by atoms with Crippen LogP contribution < -0.4 is 10.5 Å². The van der Waals surface area contributed by atoms with Crippen LogP contribution in [0.4, 0.5) is 4.39 Å². The van der Waals surface area contributed by atoms with Crippen LogP contribution >= 0.6 is 23.2 Å². The SMILES string of the molecule is N=C(N)c1c(F)cccc1OCc1ccc(Cl)c(Cl)c1. The minimum Gasteiger partial charge on any atom is -0.488 e. The van der Waals surface area contributed by atoms with Crippen molar-refractivity contribution in [1.29, 1.82) is 5.41 Å². The molecule has 0 heterocycles. The first-order chi connectivity index (χ1) is 9.49. The lowest BCUT2D eigenvalue weighted by Gasteiger charge is -2.11. The highest BCUT2D eigenvalue weighted by atomic mass is 35.5. The van der Waals surface area contributed by atoms with Crippen molar-refractivity contribution >= 4 is 29.0 Å². The second kappa shape index (κ2) is 6.11. The summed E-state index contributed by atoms with van der Waals surface area (Å²) in [5.74, 6) is -0.764. The van der Waals surface area contributed by atoms with Crippen LogP contribution in [-0.2, 0) is 6.61 Å². The molecule has 0 aliphatic heterocycles. The Morgan fingerprint density at radius 2 is 1.95 bits per heavy atom. The summed E-state index contributed by atoms with van der Waals surface area (Å²) in [7, 11) is 0. The topological polar surface area (TPSA) is 59.1 Å². The van der Waals surface area contributed by atoms with Gasteiger partial charge in [-0.1, -0.05) is 35.3 Å². The molecule has 104 valence electrons. The number of hydrogen-bond acceptors (Lipinski definition) is 2. The third-order valence-corrected chi connectivity index (χ3v) is 3.36. The number of nitrogens with two attached hydrogens (primary N) is 1. The lowest BCUT2D eigenvalue weighted by Crippen LogP contribution is -2.15. The average molecular weight is 313 g/mol. The Balaban J connectivity index is 2.21. The predicted molar refractivity (Wildman–Crippen MR) is 78.2 cm³/mol. The molecule has 0 saturated heterocycles. The van der Waals surface area contributed by atoms with E-state index in [1.54, 1.807) is 24.3 Å². The monoisotopic (exact) mass is 312 g/mol. The molecule has 3 nitrogen and oxygen atoms in total. The molecule has 2 rings (SSSR count). The molecule has 0 unspecified atom stereocenters. The van der Waals surface area contributed by atoms with Gasteiger partial charge in [-0.05, 0) is 29.8 Å². The van der Waals surface area contributed by atoms with Crippen LogP contribution in [-0.4, -0.2) is 5.84 Å². The molecule has 20 heavy (non-hydrogen) atoms. The van der Waals surface area contributed by atoms with Crippen LogP contribution in [0.5, 0.6) is 5.75 Å². The molecule has 0 fully saturated rings. The van der Waals surface area contributed by atoms with Crippen LogP contribution in [0.25, 0.3) is 0 Å². The summed E-state index contributed by atoms with van der Waals surface area (Å²) < 4.78 is 19.1. The van der Waals surface area contributed by atoms with Gasteiger partial charge in [0.1, 0.15) is 24.0 Å². The smallest absolute Gasteiger partial charge is 0.137 e. The molecule has 3 N–H and O–H groups in total. The van der Waals surface area contributed by atoms with Crippen LogP contribution in [0.1, 0.15) is 11.1 Å². The van der Waals surface area contributed by atoms with Crippen molar-refractivity contribution in [3.63, 3.8) is 0 Å². The van der Waals surface area contributed by atoms with Crippen molar-refractivity contribution in [1.82, 2.24) is 0 Å².